The van der Waals surface area contributed by atoms with Crippen LogP contribution >= 0.6 is 0 Å². The smallest absolute Gasteiger partial charge is 0.0268 e. The Bertz CT molecular complexity index is 261. The molecule has 70 valence electrons. The summed E-state index contributed by atoms with van der Waals surface area (Å²) in [5, 5.41) is 0. The van der Waals surface area contributed by atoms with Gasteiger partial charge in [-0.25, -0.2) is 0 Å². The summed E-state index contributed by atoms with van der Waals surface area (Å²) in [5.41, 5.74) is 7.95. The first-order valence-corrected chi connectivity index (χ1v) is 4.85. The fourth-order valence-corrected chi connectivity index (χ4v) is 2.13. The fourth-order valence-electron chi connectivity index (χ4n) is 2.13. The first kappa shape index (κ1) is 8.73. The van der Waals surface area contributed by atoms with Crippen LogP contribution in [0.15, 0.2) is 30.3 Å². The van der Waals surface area contributed by atoms with Gasteiger partial charge in [0.25, 0.3) is 0 Å². The maximum Gasteiger partial charge on any atom is 0.0268 e. The van der Waals surface area contributed by atoms with Gasteiger partial charge in [-0.1, -0.05) is 30.3 Å². The second kappa shape index (κ2) is 3.48. The van der Waals surface area contributed by atoms with Crippen molar-refractivity contribution in [2.75, 3.05) is 0 Å². The van der Waals surface area contributed by atoms with E-state index in [0.29, 0.717) is 18.0 Å². The molecule has 0 aliphatic carbocycles. The average Bonchev–Trinajstić information content (AvgIpc) is 2.48. The zero-order chi connectivity index (χ0) is 9.26. The monoisotopic (exact) mass is 176 g/mol. The van der Waals surface area contributed by atoms with Crippen LogP contribution in [0, 0.1) is 0 Å². The van der Waals surface area contributed by atoms with Crippen molar-refractivity contribution in [2.45, 2.75) is 31.8 Å². The van der Waals surface area contributed by atoms with Crippen molar-refractivity contribution in [1.82, 2.24) is 10.9 Å². The van der Waals surface area contributed by atoms with Gasteiger partial charge >= 0.3 is 0 Å². The molecule has 2 atom stereocenters. The molecule has 0 aromatic heterocycles. The number of benzene rings is 1. The van der Waals surface area contributed by atoms with Crippen molar-refractivity contribution in [3.8, 4) is 0 Å². The normalized spacial score (nSPS) is 33.5. The molecule has 0 bridgehead atoms. The van der Waals surface area contributed by atoms with Gasteiger partial charge in [-0.15, -0.1) is 0 Å². The molecule has 2 N–H and O–H groups in total. The Morgan fingerprint density at radius 3 is 2.00 bits per heavy atom. The lowest BCUT2D eigenvalue weighted by Crippen LogP contribution is -2.30. The summed E-state index contributed by atoms with van der Waals surface area (Å²) in [6, 6.07) is 11.7. The minimum atomic E-state index is 0.511. The standard InChI is InChI=1S/C11H16N2/c1-8-11(9(2)13-12-8)10-6-4-3-5-7-10/h3-9,11-13H,1-2H3. The van der Waals surface area contributed by atoms with Gasteiger partial charge in [0.2, 0.25) is 0 Å². The van der Waals surface area contributed by atoms with Gasteiger partial charge < -0.3 is 0 Å². The highest BCUT2D eigenvalue weighted by Gasteiger charge is 2.30. The number of nitrogens with one attached hydrogen (secondary N) is 2. The van der Waals surface area contributed by atoms with Crippen molar-refractivity contribution in [2.24, 2.45) is 0 Å². The third-order valence-corrected chi connectivity index (χ3v) is 2.80. The van der Waals surface area contributed by atoms with E-state index < -0.39 is 0 Å². The van der Waals surface area contributed by atoms with Crippen molar-refractivity contribution in [3.05, 3.63) is 35.9 Å². The summed E-state index contributed by atoms with van der Waals surface area (Å²) < 4.78 is 0. The van der Waals surface area contributed by atoms with Crippen LogP contribution in [-0.2, 0) is 0 Å². The van der Waals surface area contributed by atoms with Crippen molar-refractivity contribution < 1.29 is 0 Å². The molecule has 1 fully saturated rings. The number of hydrogen-bond donors (Lipinski definition) is 2. The molecule has 2 rings (SSSR count). The minimum Gasteiger partial charge on any atom is -0.254 e. The van der Waals surface area contributed by atoms with Crippen LogP contribution in [0.2, 0.25) is 0 Å². The van der Waals surface area contributed by atoms with E-state index in [9.17, 15) is 0 Å². The molecule has 13 heavy (non-hydrogen) atoms. The average molecular weight is 176 g/mol. The second-order valence-electron chi connectivity index (χ2n) is 3.80. The number of rotatable bonds is 1. The molecule has 1 heterocycles. The van der Waals surface area contributed by atoms with Gasteiger partial charge in [-0.2, -0.15) is 0 Å². The molecule has 0 spiro atoms. The fraction of sp³-hybridized carbons (Fsp3) is 0.455. The molecule has 1 aromatic rings. The molecule has 1 saturated heterocycles. The Morgan fingerprint density at radius 1 is 0.923 bits per heavy atom. The Hall–Kier alpha value is -0.860. The van der Waals surface area contributed by atoms with Crippen molar-refractivity contribution in [1.29, 1.82) is 0 Å². The van der Waals surface area contributed by atoms with Gasteiger partial charge in [-0.05, 0) is 19.4 Å². The topological polar surface area (TPSA) is 24.1 Å². The largest absolute Gasteiger partial charge is 0.254 e. The SMILES string of the molecule is CC1NNC(C)C1c1ccccc1. The second-order valence-corrected chi connectivity index (χ2v) is 3.80. The third-order valence-electron chi connectivity index (χ3n) is 2.80. The Labute approximate surface area is 79.3 Å². The van der Waals surface area contributed by atoms with Crippen LogP contribution in [0.25, 0.3) is 0 Å². The first-order chi connectivity index (χ1) is 6.29. The molecule has 2 heteroatoms. The molecule has 0 radical (unpaired) electrons. The lowest BCUT2D eigenvalue weighted by atomic mass is 9.89. The van der Waals surface area contributed by atoms with Gasteiger partial charge in [0, 0.05) is 18.0 Å². The Morgan fingerprint density at radius 2 is 1.46 bits per heavy atom. The number of hydrazine groups is 1. The summed E-state index contributed by atoms with van der Waals surface area (Å²) in [7, 11) is 0. The number of hydrogen-bond acceptors (Lipinski definition) is 2. The summed E-state index contributed by atoms with van der Waals surface area (Å²) in [4.78, 5) is 0. The predicted octanol–water partition coefficient (Wildman–Crippen LogP) is 1.66. The summed E-state index contributed by atoms with van der Waals surface area (Å²) in [5.74, 6) is 0.584. The first-order valence-electron chi connectivity index (χ1n) is 4.85. The van der Waals surface area contributed by atoms with Crippen LogP contribution < -0.4 is 10.9 Å². The van der Waals surface area contributed by atoms with Gasteiger partial charge in [0.05, 0.1) is 0 Å². The molecule has 0 amide bonds. The lowest BCUT2D eigenvalue weighted by molar-refractivity contribution is 0.567. The van der Waals surface area contributed by atoms with Crippen LogP contribution in [0.3, 0.4) is 0 Å². The van der Waals surface area contributed by atoms with Gasteiger partial charge in [0.1, 0.15) is 0 Å². The molecule has 1 aliphatic rings. The van der Waals surface area contributed by atoms with Crippen molar-refractivity contribution >= 4 is 0 Å². The van der Waals surface area contributed by atoms with E-state index in [1.54, 1.807) is 0 Å². The van der Waals surface area contributed by atoms with E-state index in [2.05, 4.69) is 55.0 Å². The lowest BCUT2D eigenvalue weighted by Gasteiger charge is -2.17. The van der Waals surface area contributed by atoms with Gasteiger partial charge in [-0.3, -0.25) is 10.9 Å². The molecular formula is C11H16N2. The Kier molecular flexibility index (Phi) is 2.34. The quantitative estimate of drug-likeness (QED) is 0.680. The van der Waals surface area contributed by atoms with E-state index in [1.165, 1.54) is 5.56 Å². The highest BCUT2D eigenvalue weighted by molar-refractivity contribution is 5.24. The van der Waals surface area contributed by atoms with E-state index >= 15 is 0 Å². The van der Waals surface area contributed by atoms with E-state index in [-0.39, 0.29) is 0 Å². The zero-order valence-electron chi connectivity index (χ0n) is 8.12. The highest BCUT2D eigenvalue weighted by atomic mass is 15.4. The van der Waals surface area contributed by atoms with E-state index in [0.717, 1.165) is 0 Å². The van der Waals surface area contributed by atoms with Crippen LogP contribution in [0.1, 0.15) is 25.3 Å². The molecular weight excluding hydrogens is 160 g/mol. The predicted molar refractivity (Wildman–Crippen MR) is 54.4 cm³/mol. The zero-order valence-corrected chi connectivity index (χ0v) is 8.12. The maximum absolute atomic E-state index is 3.27. The van der Waals surface area contributed by atoms with Crippen molar-refractivity contribution in [3.63, 3.8) is 0 Å². The van der Waals surface area contributed by atoms with Crippen LogP contribution in [0.5, 0.6) is 0 Å². The molecule has 2 unspecified atom stereocenters. The molecule has 1 aliphatic heterocycles. The van der Waals surface area contributed by atoms with Gasteiger partial charge in [0.15, 0.2) is 0 Å². The maximum atomic E-state index is 3.27. The highest BCUT2D eigenvalue weighted by Crippen LogP contribution is 2.26. The summed E-state index contributed by atoms with van der Waals surface area (Å²) >= 11 is 0. The van der Waals surface area contributed by atoms with Crippen LogP contribution in [-0.4, -0.2) is 12.1 Å². The molecule has 1 aromatic carbocycles. The molecule has 0 saturated carbocycles. The summed E-state index contributed by atoms with van der Waals surface area (Å²) in [6.45, 7) is 4.43. The molecule has 2 nitrogen and oxygen atoms in total. The van der Waals surface area contributed by atoms with E-state index in [1.807, 2.05) is 0 Å². The minimum absolute atomic E-state index is 0.511. The Balaban J connectivity index is 2.25. The van der Waals surface area contributed by atoms with E-state index in [4.69, 9.17) is 0 Å². The third kappa shape index (κ3) is 1.60. The van der Waals surface area contributed by atoms with Crippen LogP contribution in [0.4, 0.5) is 0 Å². The summed E-state index contributed by atoms with van der Waals surface area (Å²) in [6.07, 6.45) is 0.